The number of rotatable bonds is 6. The van der Waals surface area contributed by atoms with Crippen molar-refractivity contribution in [3.63, 3.8) is 0 Å². The van der Waals surface area contributed by atoms with Crippen LogP contribution in [0.1, 0.15) is 5.56 Å². The number of hydrogen-bond acceptors (Lipinski definition) is 3. The van der Waals surface area contributed by atoms with Gasteiger partial charge in [0.2, 0.25) is 0 Å². The van der Waals surface area contributed by atoms with Crippen LogP contribution < -0.4 is 5.32 Å². The summed E-state index contributed by atoms with van der Waals surface area (Å²) in [4.78, 5) is 0. The summed E-state index contributed by atoms with van der Waals surface area (Å²) in [5.74, 6) is 0. The third-order valence-corrected chi connectivity index (χ3v) is 2.87. The molecule has 0 aliphatic carbocycles. The van der Waals surface area contributed by atoms with Crippen LogP contribution in [0.5, 0.6) is 0 Å². The molecule has 0 amide bonds. The van der Waals surface area contributed by atoms with E-state index >= 15 is 0 Å². The largest absolute Gasteiger partial charge is 0.375 e. The topological polar surface area (TPSA) is 39.1 Å². The SMILES string of the molecule is CNCCOCc1ccccc1-c1ccnn1C. The van der Waals surface area contributed by atoms with Gasteiger partial charge >= 0.3 is 0 Å². The van der Waals surface area contributed by atoms with Gasteiger partial charge in [-0.25, -0.2) is 0 Å². The van der Waals surface area contributed by atoms with Crippen LogP contribution in [0.4, 0.5) is 0 Å². The third-order valence-electron chi connectivity index (χ3n) is 2.87. The number of likely N-dealkylation sites (N-methyl/N-ethyl adjacent to an activating group) is 1. The Morgan fingerprint density at radius 3 is 2.83 bits per heavy atom. The first-order valence-electron chi connectivity index (χ1n) is 6.11. The van der Waals surface area contributed by atoms with Gasteiger partial charge in [0.1, 0.15) is 0 Å². The lowest BCUT2D eigenvalue weighted by molar-refractivity contribution is 0.124. The van der Waals surface area contributed by atoms with Crippen LogP contribution in [-0.2, 0) is 18.4 Å². The molecule has 0 bridgehead atoms. The highest BCUT2D eigenvalue weighted by Gasteiger charge is 2.07. The Kier molecular flexibility index (Phi) is 4.50. The fourth-order valence-electron chi connectivity index (χ4n) is 1.89. The maximum Gasteiger partial charge on any atom is 0.0724 e. The van der Waals surface area contributed by atoms with E-state index in [4.69, 9.17) is 4.74 Å². The molecule has 0 saturated heterocycles. The molecule has 0 unspecified atom stereocenters. The van der Waals surface area contributed by atoms with Gasteiger partial charge in [-0.1, -0.05) is 24.3 Å². The molecule has 0 atom stereocenters. The first kappa shape index (κ1) is 12.8. The zero-order chi connectivity index (χ0) is 12.8. The van der Waals surface area contributed by atoms with E-state index in [2.05, 4.69) is 22.5 Å². The molecule has 1 heterocycles. The zero-order valence-corrected chi connectivity index (χ0v) is 10.9. The van der Waals surface area contributed by atoms with Crippen LogP contribution in [0, 0.1) is 0 Å². The molecule has 18 heavy (non-hydrogen) atoms. The van der Waals surface area contributed by atoms with Crippen molar-refractivity contribution in [2.45, 2.75) is 6.61 Å². The Bertz CT molecular complexity index is 493. The second-order valence-electron chi connectivity index (χ2n) is 4.15. The molecule has 1 aromatic heterocycles. The summed E-state index contributed by atoms with van der Waals surface area (Å²) in [5.41, 5.74) is 3.49. The summed E-state index contributed by atoms with van der Waals surface area (Å²) in [5, 5.41) is 7.28. The minimum atomic E-state index is 0.628. The highest BCUT2D eigenvalue weighted by Crippen LogP contribution is 2.23. The Morgan fingerprint density at radius 2 is 2.11 bits per heavy atom. The maximum absolute atomic E-state index is 5.65. The molecule has 0 fully saturated rings. The molecule has 0 saturated carbocycles. The van der Waals surface area contributed by atoms with E-state index < -0.39 is 0 Å². The van der Waals surface area contributed by atoms with E-state index in [-0.39, 0.29) is 0 Å². The first-order chi connectivity index (χ1) is 8.83. The van der Waals surface area contributed by atoms with Crippen molar-refractivity contribution in [1.82, 2.24) is 15.1 Å². The van der Waals surface area contributed by atoms with Crippen molar-refractivity contribution in [2.24, 2.45) is 7.05 Å². The van der Waals surface area contributed by atoms with Gasteiger partial charge in [0, 0.05) is 25.4 Å². The Morgan fingerprint density at radius 1 is 1.28 bits per heavy atom. The van der Waals surface area contributed by atoms with Crippen LogP contribution >= 0.6 is 0 Å². The zero-order valence-electron chi connectivity index (χ0n) is 10.9. The average molecular weight is 245 g/mol. The Hall–Kier alpha value is -1.65. The summed E-state index contributed by atoms with van der Waals surface area (Å²) >= 11 is 0. The Balaban J connectivity index is 2.13. The molecule has 1 aromatic carbocycles. The molecule has 4 heteroatoms. The number of aromatic nitrogens is 2. The van der Waals surface area contributed by atoms with E-state index in [0.717, 1.165) is 18.8 Å². The second kappa shape index (κ2) is 6.33. The average Bonchev–Trinajstić information content (AvgIpc) is 2.81. The number of nitrogens with one attached hydrogen (secondary N) is 1. The summed E-state index contributed by atoms with van der Waals surface area (Å²) in [6.07, 6.45) is 1.81. The van der Waals surface area contributed by atoms with Crippen molar-refractivity contribution < 1.29 is 4.74 Å². The van der Waals surface area contributed by atoms with Crippen LogP contribution in [-0.4, -0.2) is 30.0 Å². The molecular weight excluding hydrogens is 226 g/mol. The summed E-state index contributed by atoms with van der Waals surface area (Å²) in [6.45, 7) is 2.22. The van der Waals surface area contributed by atoms with E-state index in [1.807, 2.05) is 43.2 Å². The van der Waals surface area contributed by atoms with Gasteiger partial charge in [-0.15, -0.1) is 0 Å². The lowest BCUT2D eigenvalue weighted by Crippen LogP contribution is -2.14. The van der Waals surface area contributed by atoms with Gasteiger partial charge < -0.3 is 10.1 Å². The van der Waals surface area contributed by atoms with Crippen molar-refractivity contribution in [1.29, 1.82) is 0 Å². The van der Waals surface area contributed by atoms with Crippen molar-refractivity contribution in [3.8, 4) is 11.3 Å². The number of nitrogens with zero attached hydrogens (tertiary/aromatic N) is 2. The van der Waals surface area contributed by atoms with Crippen LogP contribution in [0.15, 0.2) is 36.5 Å². The van der Waals surface area contributed by atoms with Gasteiger partial charge in [-0.05, 0) is 18.7 Å². The smallest absolute Gasteiger partial charge is 0.0724 e. The highest BCUT2D eigenvalue weighted by molar-refractivity contribution is 5.63. The van der Waals surface area contributed by atoms with Crippen LogP contribution in [0.3, 0.4) is 0 Å². The fraction of sp³-hybridized carbons (Fsp3) is 0.357. The van der Waals surface area contributed by atoms with Crippen LogP contribution in [0.2, 0.25) is 0 Å². The van der Waals surface area contributed by atoms with Crippen molar-refractivity contribution in [3.05, 3.63) is 42.1 Å². The standard InChI is InChI=1S/C14H19N3O/c1-15-9-10-18-11-12-5-3-4-6-13(12)14-7-8-16-17(14)2/h3-8,15H,9-11H2,1-2H3. The van der Waals surface area contributed by atoms with Gasteiger partial charge in [0.25, 0.3) is 0 Å². The molecule has 0 aliphatic rings. The molecule has 2 rings (SSSR count). The first-order valence-corrected chi connectivity index (χ1v) is 6.11. The van der Waals surface area contributed by atoms with Crippen molar-refractivity contribution >= 4 is 0 Å². The minimum Gasteiger partial charge on any atom is -0.375 e. The van der Waals surface area contributed by atoms with E-state index in [1.54, 1.807) is 0 Å². The lowest BCUT2D eigenvalue weighted by atomic mass is 10.1. The molecular formula is C14H19N3O. The normalized spacial score (nSPS) is 10.8. The summed E-state index contributed by atoms with van der Waals surface area (Å²) in [7, 11) is 3.88. The van der Waals surface area contributed by atoms with E-state index in [1.165, 1.54) is 11.1 Å². The van der Waals surface area contributed by atoms with Gasteiger partial charge in [-0.2, -0.15) is 5.10 Å². The highest BCUT2D eigenvalue weighted by atomic mass is 16.5. The van der Waals surface area contributed by atoms with E-state index in [0.29, 0.717) is 6.61 Å². The quantitative estimate of drug-likeness (QED) is 0.789. The summed E-state index contributed by atoms with van der Waals surface area (Å²) < 4.78 is 7.53. The minimum absolute atomic E-state index is 0.628. The maximum atomic E-state index is 5.65. The monoisotopic (exact) mass is 245 g/mol. The van der Waals surface area contributed by atoms with Crippen LogP contribution in [0.25, 0.3) is 11.3 Å². The molecule has 2 aromatic rings. The molecule has 0 aliphatic heterocycles. The van der Waals surface area contributed by atoms with E-state index in [9.17, 15) is 0 Å². The molecule has 96 valence electrons. The summed E-state index contributed by atoms with van der Waals surface area (Å²) in [6, 6.07) is 10.3. The second-order valence-corrected chi connectivity index (χ2v) is 4.15. The predicted molar refractivity (Wildman–Crippen MR) is 72.2 cm³/mol. The van der Waals surface area contributed by atoms with Gasteiger partial charge in [0.15, 0.2) is 0 Å². The molecule has 0 spiro atoms. The van der Waals surface area contributed by atoms with Gasteiger partial charge in [-0.3, -0.25) is 4.68 Å². The molecule has 1 N–H and O–H groups in total. The number of hydrogen-bond donors (Lipinski definition) is 1. The van der Waals surface area contributed by atoms with Crippen molar-refractivity contribution in [2.75, 3.05) is 20.2 Å². The van der Waals surface area contributed by atoms with Gasteiger partial charge in [0.05, 0.1) is 18.9 Å². The molecule has 4 nitrogen and oxygen atoms in total. The number of ether oxygens (including phenoxy) is 1. The molecule has 0 radical (unpaired) electrons. The predicted octanol–water partition coefficient (Wildman–Crippen LogP) is 1.82. The number of benzene rings is 1. The number of aryl methyl sites for hydroxylation is 1. The fourth-order valence-corrected chi connectivity index (χ4v) is 1.89. The lowest BCUT2D eigenvalue weighted by Gasteiger charge is -2.10. The Labute approximate surface area is 108 Å². The third kappa shape index (κ3) is 2.97.